The summed E-state index contributed by atoms with van der Waals surface area (Å²) >= 11 is 0. The van der Waals surface area contributed by atoms with E-state index in [0.29, 0.717) is 6.54 Å². The highest BCUT2D eigenvalue weighted by atomic mass is 16.5. The summed E-state index contributed by atoms with van der Waals surface area (Å²) in [5.74, 6) is 0.855. The Balaban J connectivity index is 2.20. The molecular weight excluding hydrogens is 236 g/mol. The van der Waals surface area contributed by atoms with E-state index in [-0.39, 0.29) is 16.7 Å². The topological polar surface area (TPSA) is 38.5 Å². The molecule has 112 valence electrons. The predicted octanol–water partition coefficient (Wildman–Crippen LogP) is 2.78. The highest BCUT2D eigenvalue weighted by Gasteiger charge is 2.59. The molecule has 2 atom stereocenters. The van der Waals surface area contributed by atoms with Crippen molar-refractivity contribution in [3.63, 3.8) is 0 Å². The van der Waals surface area contributed by atoms with E-state index in [1.165, 1.54) is 32.4 Å². The number of nitrogens with zero attached hydrogens (tertiary/aromatic N) is 1. The number of rotatable bonds is 4. The normalized spacial score (nSPS) is 37.9. The third-order valence-electron chi connectivity index (χ3n) is 5.30. The summed E-state index contributed by atoms with van der Waals surface area (Å²) in [5, 5.41) is 0. The molecule has 0 saturated carbocycles. The molecular formula is C16H32N2O. The van der Waals surface area contributed by atoms with Gasteiger partial charge in [-0.25, -0.2) is 0 Å². The van der Waals surface area contributed by atoms with Gasteiger partial charge in [-0.15, -0.1) is 0 Å². The van der Waals surface area contributed by atoms with Crippen molar-refractivity contribution in [2.75, 3.05) is 19.6 Å². The maximum absolute atomic E-state index is 6.33. The van der Waals surface area contributed by atoms with Crippen LogP contribution in [0.5, 0.6) is 0 Å². The van der Waals surface area contributed by atoms with Gasteiger partial charge < -0.3 is 10.5 Å². The van der Waals surface area contributed by atoms with Gasteiger partial charge in [0.15, 0.2) is 0 Å². The van der Waals surface area contributed by atoms with Crippen LogP contribution in [0.25, 0.3) is 0 Å². The molecule has 2 unspecified atom stereocenters. The number of likely N-dealkylation sites (tertiary alicyclic amines) is 1. The first-order valence-electron chi connectivity index (χ1n) is 7.92. The van der Waals surface area contributed by atoms with E-state index in [2.05, 4.69) is 39.5 Å². The summed E-state index contributed by atoms with van der Waals surface area (Å²) < 4.78 is 6.33. The molecule has 0 aromatic heterocycles. The fourth-order valence-corrected chi connectivity index (χ4v) is 4.54. The van der Waals surface area contributed by atoms with Gasteiger partial charge in [-0.05, 0) is 59.4 Å². The molecule has 0 aromatic carbocycles. The van der Waals surface area contributed by atoms with Gasteiger partial charge in [-0.2, -0.15) is 0 Å². The van der Waals surface area contributed by atoms with Crippen molar-refractivity contribution < 1.29 is 4.74 Å². The quantitative estimate of drug-likeness (QED) is 0.852. The summed E-state index contributed by atoms with van der Waals surface area (Å²) in [6, 6.07) is 0. The summed E-state index contributed by atoms with van der Waals surface area (Å²) in [6.45, 7) is 14.2. The van der Waals surface area contributed by atoms with Gasteiger partial charge in [0.05, 0.1) is 16.7 Å². The third kappa shape index (κ3) is 2.57. The number of ether oxygens (including phenoxy) is 1. The summed E-state index contributed by atoms with van der Waals surface area (Å²) in [5.41, 5.74) is 6.03. The Kier molecular flexibility index (Phi) is 4.03. The van der Waals surface area contributed by atoms with Gasteiger partial charge in [0, 0.05) is 13.1 Å². The SMILES string of the molecule is CCCC1CCN(C2(CN)CC(C)(C)OC2(C)C)C1. The van der Waals surface area contributed by atoms with Crippen LogP contribution in [0.3, 0.4) is 0 Å². The fourth-order valence-electron chi connectivity index (χ4n) is 4.54. The van der Waals surface area contributed by atoms with Crippen molar-refractivity contribution in [1.29, 1.82) is 0 Å². The lowest BCUT2D eigenvalue weighted by Crippen LogP contribution is -2.62. The molecule has 0 radical (unpaired) electrons. The second-order valence-corrected chi connectivity index (χ2v) is 7.67. The van der Waals surface area contributed by atoms with Crippen LogP contribution in [-0.2, 0) is 4.74 Å². The van der Waals surface area contributed by atoms with E-state index in [9.17, 15) is 0 Å². The second-order valence-electron chi connectivity index (χ2n) is 7.67. The van der Waals surface area contributed by atoms with Gasteiger partial charge in [0.1, 0.15) is 0 Å². The molecule has 0 bridgehead atoms. The van der Waals surface area contributed by atoms with Crippen LogP contribution in [0.1, 0.15) is 60.3 Å². The Morgan fingerprint density at radius 1 is 1.26 bits per heavy atom. The van der Waals surface area contributed by atoms with Crippen molar-refractivity contribution in [2.24, 2.45) is 11.7 Å². The average molecular weight is 268 g/mol. The van der Waals surface area contributed by atoms with Crippen LogP contribution < -0.4 is 5.73 Å². The molecule has 0 amide bonds. The molecule has 2 N–H and O–H groups in total. The highest BCUT2D eigenvalue weighted by molar-refractivity contribution is 5.14. The first kappa shape index (κ1) is 15.3. The van der Waals surface area contributed by atoms with Crippen molar-refractivity contribution >= 4 is 0 Å². The van der Waals surface area contributed by atoms with Crippen molar-refractivity contribution in [2.45, 2.75) is 77.0 Å². The lowest BCUT2D eigenvalue weighted by molar-refractivity contribution is -0.101. The number of hydrogen-bond acceptors (Lipinski definition) is 3. The standard InChI is InChI=1S/C16H32N2O/c1-6-7-13-8-9-18(10-13)16(12-17)11-14(2,3)19-15(16,4)5/h13H,6-12,17H2,1-5H3. The Bertz CT molecular complexity index is 327. The number of nitrogens with two attached hydrogens (primary N) is 1. The van der Waals surface area contributed by atoms with Gasteiger partial charge in [-0.1, -0.05) is 13.3 Å². The van der Waals surface area contributed by atoms with Crippen molar-refractivity contribution in [1.82, 2.24) is 4.90 Å². The van der Waals surface area contributed by atoms with E-state index < -0.39 is 0 Å². The van der Waals surface area contributed by atoms with Gasteiger partial charge in [0.25, 0.3) is 0 Å². The monoisotopic (exact) mass is 268 g/mol. The molecule has 3 nitrogen and oxygen atoms in total. The molecule has 2 aliphatic rings. The molecule has 19 heavy (non-hydrogen) atoms. The minimum atomic E-state index is -0.160. The van der Waals surface area contributed by atoms with Crippen LogP contribution in [0.2, 0.25) is 0 Å². The summed E-state index contributed by atoms with van der Waals surface area (Å²) in [7, 11) is 0. The summed E-state index contributed by atoms with van der Waals surface area (Å²) in [6.07, 6.45) is 5.01. The molecule has 2 fully saturated rings. The van der Waals surface area contributed by atoms with E-state index >= 15 is 0 Å². The average Bonchev–Trinajstić information content (AvgIpc) is 2.79. The molecule has 0 aliphatic carbocycles. The zero-order valence-corrected chi connectivity index (χ0v) is 13.5. The van der Waals surface area contributed by atoms with Gasteiger partial charge >= 0.3 is 0 Å². The van der Waals surface area contributed by atoms with E-state index in [4.69, 9.17) is 10.5 Å². The Morgan fingerprint density at radius 2 is 1.95 bits per heavy atom. The second kappa shape index (κ2) is 5.01. The van der Waals surface area contributed by atoms with E-state index in [1.54, 1.807) is 0 Å². The molecule has 3 heteroatoms. The Labute approximate surface area is 118 Å². The lowest BCUT2D eigenvalue weighted by Gasteiger charge is -2.46. The highest BCUT2D eigenvalue weighted by Crippen LogP contribution is 2.49. The predicted molar refractivity (Wildman–Crippen MR) is 80.2 cm³/mol. The maximum atomic E-state index is 6.33. The molecule has 0 spiro atoms. The first-order valence-corrected chi connectivity index (χ1v) is 7.92. The first-order chi connectivity index (χ1) is 8.76. The van der Waals surface area contributed by atoms with E-state index in [1.807, 2.05) is 0 Å². The van der Waals surface area contributed by atoms with Gasteiger partial charge in [-0.3, -0.25) is 4.90 Å². The van der Waals surface area contributed by atoms with Gasteiger partial charge in [0.2, 0.25) is 0 Å². The number of hydrogen-bond donors (Lipinski definition) is 1. The molecule has 0 aromatic rings. The van der Waals surface area contributed by atoms with Crippen LogP contribution >= 0.6 is 0 Å². The van der Waals surface area contributed by atoms with Crippen LogP contribution in [-0.4, -0.2) is 41.3 Å². The van der Waals surface area contributed by atoms with Crippen LogP contribution in [0.4, 0.5) is 0 Å². The lowest BCUT2D eigenvalue weighted by atomic mass is 9.77. The molecule has 2 heterocycles. The van der Waals surface area contributed by atoms with E-state index in [0.717, 1.165) is 12.3 Å². The maximum Gasteiger partial charge on any atom is 0.0830 e. The largest absolute Gasteiger partial charge is 0.368 e. The Morgan fingerprint density at radius 3 is 2.42 bits per heavy atom. The van der Waals surface area contributed by atoms with Crippen molar-refractivity contribution in [3.05, 3.63) is 0 Å². The van der Waals surface area contributed by atoms with Crippen molar-refractivity contribution in [3.8, 4) is 0 Å². The van der Waals surface area contributed by atoms with Crippen LogP contribution in [0.15, 0.2) is 0 Å². The molecule has 2 rings (SSSR count). The minimum Gasteiger partial charge on any atom is -0.368 e. The zero-order valence-electron chi connectivity index (χ0n) is 13.5. The van der Waals surface area contributed by atoms with Crippen LogP contribution in [0, 0.1) is 5.92 Å². The summed E-state index contributed by atoms with van der Waals surface area (Å²) in [4.78, 5) is 2.64. The molecule has 2 aliphatic heterocycles. The smallest absolute Gasteiger partial charge is 0.0830 e. The minimum absolute atomic E-state index is 0.0129. The third-order valence-corrected chi connectivity index (χ3v) is 5.30. The molecule has 2 saturated heterocycles. The fraction of sp³-hybridized carbons (Fsp3) is 1.00. The zero-order chi connectivity index (χ0) is 14.3. The Hall–Kier alpha value is -0.120.